The largest absolute Gasteiger partial charge is 0.444 e. The van der Waals surface area contributed by atoms with E-state index in [1.54, 1.807) is 32.9 Å². The molecule has 0 aliphatic rings. The molecule has 7 nitrogen and oxygen atoms in total. The maximum atomic E-state index is 13.3. The van der Waals surface area contributed by atoms with Gasteiger partial charge in [0.05, 0.1) is 11.8 Å². The Labute approximate surface area is 223 Å². The van der Waals surface area contributed by atoms with Gasteiger partial charge in [0.2, 0.25) is 11.8 Å². The second kappa shape index (κ2) is 13.0. The van der Waals surface area contributed by atoms with Gasteiger partial charge in [-0.15, -0.1) is 0 Å². The molecule has 0 saturated heterocycles. The molecule has 3 aromatic carbocycles. The van der Waals surface area contributed by atoms with Crippen molar-refractivity contribution in [1.29, 1.82) is 0 Å². The second-order valence-corrected chi connectivity index (χ2v) is 10.4. The molecule has 202 valence electrons. The van der Waals surface area contributed by atoms with E-state index in [2.05, 4.69) is 16.0 Å². The molecule has 38 heavy (non-hydrogen) atoms. The second-order valence-electron chi connectivity index (χ2n) is 10.4. The molecule has 3 aromatic rings. The van der Waals surface area contributed by atoms with E-state index in [0.29, 0.717) is 12.8 Å². The van der Waals surface area contributed by atoms with Gasteiger partial charge in [-0.2, -0.15) is 0 Å². The number of benzene rings is 3. The summed E-state index contributed by atoms with van der Waals surface area (Å²) in [5.74, 6) is -2.02. The molecule has 0 aromatic heterocycles. The standard InChI is InChI=1S/C30H36FN3O4/c1-30(2,3)38-29(37)34-19-25(17-21-9-12-22-7-5-6-8-23(22)16-21)28(36)33-18-24(27(35)32-4)15-20-10-13-26(31)14-11-20/h5-14,16,24-25H,15,17-19H2,1-4H3,(H,32,35)(H,33,36)(H,34,37)/t24-,25-/m1/s1. The Morgan fingerprint density at radius 3 is 2.03 bits per heavy atom. The highest BCUT2D eigenvalue weighted by Gasteiger charge is 2.25. The summed E-state index contributed by atoms with van der Waals surface area (Å²) in [4.78, 5) is 38.1. The number of nitrogens with one attached hydrogen (secondary N) is 3. The van der Waals surface area contributed by atoms with Crippen molar-refractivity contribution in [3.63, 3.8) is 0 Å². The van der Waals surface area contributed by atoms with Gasteiger partial charge in [0.15, 0.2) is 0 Å². The van der Waals surface area contributed by atoms with Gasteiger partial charge >= 0.3 is 6.09 Å². The van der Waals surface area contributed by atoms with Gasteiger partial charge < -0.3 is 20.7 Å². The fourth-order valence-electron chi connectivity index (χ4n) is 4.16. The van der Waals surface area contributed by atoms with E-state index in [9.17, 15) is 18.8 Å². The zero-order chi connectivity index (χ0) is 27.7. The van der Waals surface area contributed by atoms with Crippen LogP contribution in [-0.4, -0.2) is 43.6 Å². The van der Waals surface area contributed by atoms with Gasteiger partial charge in [0.25, 0.3) is 0 Å². The summed E-state index contributed by atoms with van der Waals surface area (Å²) in [5.41, 5.74) is 1.07. The number of alkyl carbamates (subject to hydrolysis) is 1. The first kappa shape index (κ1) is 28.6. The molecular weight excluding hydrogens is 485 g/mol. The van der Waals surface area contributed by atoms with E-state index in [0.717, 1.165) is 21.9 Å². The van der Waals surface area contributed by atoms with Crippen molar-refractivity contribution in [3.05, 3.63) is 83.7 Å². The van der Waals surface area contributed by atoms with Gasteiger partial charge in [0, 0.05) is 20.1 Å². The first-order valence-electron chi connectivity index (χ1n) is 12.7. The fourth-order valence-corrected chi connectivity index (χ4v) is 4.16. The number of halogens is 1. The van der Waals surface area contributed by atoms with Crippen LogP contribution in [0.2, 0.25) is 0 Å². The summed E-state index contributed by atoms with van der Waals surface area (Å²) in [6, 6.07) is 19.9. The number of hydrogen-bond acceptors (Lipinski definition) is 4. The molecule has 0 bridgehead atoms. The molecule has 0 radical (unpaired) electrons. The first-order valence-corrected chi connectivity index (χ1v) is 12.7. The molecule has 0 unspecified atom stereocenters. The third kappa shape index (κ3) is 8.87. The first-order chi connectivity index (χ1) is 18.0. The Kier molecular flexibility index (Phi) is 9.82. The van der Waals surface area contributed by atoms with Crippen LogP contribution in [0, 0.1) is 17.7 Å². The van der Waals surface area contributed by atoms with Gasteiger partial charge in [-0.1, -0.05) is 54.6 Å². The predicted octanol–water partition coefficient (Wildman–Crippen LogP) is 4.38. The number of ether oxygens (including phenoxy) is 1. The van der Waals surface area contributed by atoms with E-state index in [-0.39, 0.29) is 30.7 Å². The van der Waals surface area contributed by atoms with Gasteiger partial charge in [-0.25, -0.2) is 9.18 Å². The van der Waals surface area contributed by atoms with Crippen LogP contribution in [0.1, 0.15) is 31.9 Å². The molecule has 2 atom stereocenters. The van der Waals surface area contributed by atoms with E-state index >= 15 is 0 Å². The molecule has 3 N–H and O–H groups in total. The number of fused-ring (bicyclic) bond motifs is 1. The van der Waals surface area contributed by atoms with Crippen LogP contribution in [0.3, 0.4) is 0 Å². The predicted molar refractivity (Wildman–Crippen MR) is 146 cm³/mol. The molecule has 8 heteroatoms. The monoisotopic (exact) mass is 521 g/mol. The number of carbonyl (C=O) groups excluding carboxylic acids is 3. The van der Waals surface area contributed by atoms with Crippen molar-refractivity contribution in [3.8, 4) is 0 Å². The fraction of sp³-hybridized carbons (Fsp3) is 0.367. The zero-order valence-corrected chi connectivity index (χ0v) is 22.3. The summed E-state index contributed by atoms with van der Waals surface area (Å²) in [5, 5.41) is 10.4. The van der Waals surface area contributed by atoms with Crippen LogP contribution in [0.15, 0.2) is 66.7 Å². The third-order valence-electron chi connectivity index (χ3n) is 6.09. The number of rotatable bonds is 10. The third-order valence-corrected chi connectivity index (χ3v) is 6.09. The highest BCUT2D eigenvalue weighted by molar-refractivity contribution is 5.84. The molecule has 3 amide bonds. The average Bonchev–Trinajstić information content (AvgIpc) is 2.88. The van der Waals surface area contributed by atoms with Gasteiger partial charge in [0.1, 0.15) is 11.4 Å². The summed E-state index contributed by atoms with van der Waals surface area (Å²) >= 11 is 0. The molecule has 0 fully saturated rings. The number of amides is 3. The normalized spacial score (nSPS) is 12.9. The maximum absolute atomic E-state index is 13.3. The summed E-state index contributed by atoms with van der Waals surface area (Å²) in [6.45, 7) is 5.47. The molecule has 3 rings (SSSR count). The maximum Gasteiger partial charge on any atom is 0.407 e. The zero-order valence-electron chi connectivity index (χ0n) is 22.3. The Morgan fingerprint density at radius 2 is 1.37 bits per heavy atom. The lowest BCUT2D eigenvalue weighted by molar-refractivity contribution is -0.126. The van der Waals surface area contributed by atoms with E-state index in [4.69, 9.17) is 4.74 Å². The van der Waals surface area contributed by atoms with Crippen molar-refractivity contribution in [2.24, 2.45) is 11.8 Å². The van der Waals surface area contributed by atoms with Crippen LogP contribution >= 0.6 is 0 Å². The minimum Gasteiger partial charge on any atom is -0.444 e. The van der Waals surface area contributed by atoms with Crippen molar-refractivity contribution < 1.29 is 23.5 Å². The Bertz CT molecular complexity index is 1250. The smallest absolute Gasteiger partial charge is 0.407 e. The Morgan fingerprint density at radius 1 is 0.789 bits per heavy atom. The highest BCUT2D eigenvalue weighted by Crippen LogP contribution is 2.19. The topological polar surface area (TPSA) is 96.5 Å². The lowest BCUT2D eigenvalue weighted by atomic mass is 9.95. The summed E-state index contributed by atoms with van der Waals surface area (Å²) in [6.07, 6.45) is 0.120. The van der Waals surface area contributed by atoms with Gasteiger partial charge in [-0.3, -0.25) is 9.59 Å². The molecule has 0 saturated carbocycles. The summed E-state index contributed by atoms with van der Waals surface area (Å²) < 4.78 is 18.6. The lowest BCUT2D eigenvalue weighted by Gasteiger charge is -2.23. The van der Waals surface area contributed by atoms with Crippen LogP contribution in [-0.2, 0) is 27.2 Å². The molecule has 0 aliphatic carbocycles. The minimum absolute atomic E-state index is 0.0657. The van der Waals surface area contributed by atoms with Crippen LogP contribution in [0.5, 0.6) is 0 Å². The van der Waals surface area contributed by atoms with Crippen molar-refractivity contribution in [2.45, 2.75) is 39.2 Å². The highest BCUT2D eigenvalue weighted by atomic mass is 19.1. The number of hydrogen-bond donors (Lipinski definition) is 3. The van der Waals surface area contributed by atoms with E-state index < -0.39 is 23.5 Å². The van der Waals surface area contributed by atoms with E-state index in [1.165, 1.54) is 19.2 Å². The SMILES string of the molecule is CNC(=O)[C@@H](CNC(=O)[C@@H](CNC(=O)OC(C)(C)C)Cc1ccc2ccccc2c1)Cc1ccc(F)cc1. The van der Waals surface area contributed by atoms with E-state index in [1.807, 2.05) is 42.5 Å². The van der Waals surface area contributed by atoms with Crippen LogP contribution < -0.4 is 16.0 Å². The minimum atomic E-state index is -0.665. The molecular formula is C30H36FN3O4. The van der Waals surface area contributed by atoms with Gasteiger partial charge in [-0.05, 0) is 67.6 Å². The number of carbonyl (C=O) groups is 3. The average molecular weight is 522 g/mol. The quantitative estimate of drug-likeness (QED) is 0.369. The Hall–Kier alpha value is -3.94. The van der Waals surface area contributed by atoms with Crippen LogP contribution in [0.4, 0.5) is 9.18 Å². The molecule has 0 aliphatic heterocycles. The summed E-state index contributed by atoms with van der Waals surface area (Å²) in [7, 11) is 1.54. The van der Waals surface area contributed by atoms with Crippen molar-refractivity contribution >= 4 is 28.7 Å². The van der Waals surface area contributed by atoms with Crippen molar-refractivity contribution in [2.75, 3.05) is 20.1 Å². The Balaban J connectivity index is 1.72. The van der Waals surface area contributed by atoms with Crippen LogP contribution in [0.25, 0.3) is 10.8 Å². The molecule has 0 spiro atoms. The lowest BCUT2D eigenvalue weighted by Crippen LogP contribution is -2.44. The molecule has 0 heterocycles. The van der Waals surface area contributed by atoms with Crippen molar-refractivity contribution in [1.82, 2.24) is 16.0 Å².